The Morgan fingerprint density at radius 2 is 1.00 bits per heavy atom. The molecule has 2 aliphatic rings. The van der Waals surface area contributed by atoms with Crippen molar-refractivity contribution in [2.24, 2.45) is 0 Å². The topological polar surface area (TPSA) is 231 Å². The Morgan fingerprint density at radius 3 is 1.62 bits per heavy atom. The van der Waals surface area contributed by atoms with Gasteiger partial charge in [-0.15, -0.1) is 0 Å². The summed E-state index contributed by atoms with van der Waals surface area (Å²) in [4.78, 5) is 25.6. The average molecular weight is 897 g/mol. The van der Waals surface area contributed by atoms with Crippen LogP contribution < -0.4 is 0 Å². The third-order valence-electron chi connectivity index (χ3n) is 10.7. The van der Waals surface area contributed by atoms with E-state index < -0.39 is 99.3 Å². The minimum Gasteiger partial charge on any atom is -0.462 e. The summed E-state index contributed by atoms with van der Waals surface area (Å²) in [5.41, 5.74) is 0. The number of allylic oxidation sites excluding steroid dienone is 10. The van der Waals surface area contributed by atoms with Crippen molar-refractivity contribution in [3.8, 4) is 0 Å². The van der Waals surface area contributed by atoms with Gasteiger partial charge in [-0.2, -0.15) is 0 Å². The molecule has 362 valence electrons. The van der Waals surface area contributed by atoms with Crippen LogP contribution in [0.1, 0.15) is 136 Å². The first-order valence-electron chi connectivity index (χ1n) is 23.4. The van der Waals surface area contributed by atoms with Crippen molar-refractivity contribution in [3.05, 3.63) is 60.8 Å². The smallest absolute Gasteiger partial charge is 0.306 e. The third kappa shape index (κ3) is 24.3. The first kappa shape index (κ1) is 56.3. The predicted octanol–water partition coefficient (Wildman–Crippen LogP) is 5.31. The maximum Gasteiger partial charge on any atom is 0.306 e. The van der Waals surface area contributed by atoms with Gasteiger partial charge < -0.3 is 64.2 Å². The fourth-order valence-electron chi connectivity index (χ4n) is 6.85. The van der Waals surface area contributed by atoms with Crippen LogP contribution in [0.2, 0.25) is 0 Å². The molecule has 0 spiro atoms. The van der Waals surface area contributed by atoms with Crippen LogP contribution >= 0.6 is 0 Å². The van der Waals surface area contributed by atoms with E-state index in [4.69, 9.17) is 28.4 Å². The molecule has 0 aliphatic carbocycles. The van der Waals surface area contributed by atoms with Crippen LogP contribution in [-0.4, -0.2) is 142 Å². The Hall–Kier alpha value is -2.80. The second-order valence-electron chi connectivity index (χ2n) is 16.2. The number of hydrogen-bond acceptors (Lipinski definition) is 15. The number of aliphatic hydroxyl groups is 7. The van der Waals surface area contributed by atoms with E-state index >= 15 is 0 Å². The van der Waals surface area contributed by atoms with E-state index in [0.717, 1.165) is 77.0 Å². The minimum atomic E-state index is -1.77. The molecule has 0 saturated carbocycles. The van der Waals surface area contributed by atoms with Gasteiger partial charge in [0.15, 0.2) is 18.7 Å². The number of unbranched alkanes of at least 4 members (excludes halogenated alkanes) is 10. The van der Waals surface area contributed by atoms with Crippen LogP contribution in [0.3, 0.4) is 0 Å². The summed E-state index contributed by atoms with van der Waals surface area (Å²) in [5, 5.41) is 71.9. The normalized spacial score (nSPS) is 27.4. The zero-order valence-corrected chi connectivity index (χ0v) is 37.8. The molecule has 2 aliphatic heterocycles. The molecular formula is C48H80O15. The highest BCUT2D eigenvalue weighted by Crippen LogP contribution is 2.26. The average Bonchev–Trinajstić information content (AvgIpc) is 3.28. The van der Waals surface area contributed by atoms with Gasteiger partial charge >= 0.3 is 11.9 Å². The molecule has 2 fully saturated rings. The van der Waals surface area contributed by atoms with E-state index in [9.17, 15) is 45.3 Å². The van der Waals surface area contributed by atoms with Gasteiger partial charge in [0, 0.05) is 12.8 Å². The van der Waals surface area contributed by atoms with Crippen molar-refractivity contribution < 1.29 is 73.8 Å². The first-order chi connectivity index (χ1) is 30.5. The molecule has 4 unspecified atom stereocenters. The highest BCUT2D eigenvalue weighted by Gasteiger charge is 2.47. The van der Waals surface area contributed by atoms with Crippen LogP contribution in [0.15, 0.2) is 60.8 Å². The largest absolute Gasteiger partial charge is 0.462 e. The second kappa shape index (κ2) is 35.5. The summed E-state index contributed by atoms with van der Waals surface area (Å²) < 4.78 is 33.4. The molecule has 15 nitrogen and oxygen atoms in total. The monoisotopic (exact) mass is 897 g/mol. The van der Waals surface area contributed by atoms with E-state index in [0.29, 0.717) is 12.8 Å². The summed E-state index contributed by atoms with van der Waals surface area (Å²) in [6.07, 6.45) is 21.2. The molecule has 0 radical (unpaired) electrons. The minimum absolute atomic E-state index is 0.143. The van der Waals surface area contributed by atoms with Crippen LogP contribution in [-0.2, 0) is 38.0 Å². The van der Waals surface area contributed by atoms with E-state index in [1.807, 2.05) is 0 Å². The van der Waals surface area contributed by atoms with Crippen molar-refractivity contribution in [3.63, 3.8) is 0 Å². The number of aliphatic hydroxyl groups excluding tert-OH is 7. The van der Waals surface area contributed by atoms with Crippen molar-refractivity contribution in [2.75, 3.05) is 26.4 Å². The number of hydrogen-bond donors (Lipinski definition) is 7. The number of ether oxygens (including phenoxy) is 6. The summed E-state index contributed by atoms with van der Waals surface area (Å²) in [6, 6.07) is 0. The summed E-state index contributed by atoms with van der Waals surface area (Å²) in [6.45, 7) is 2.36. The zero-order valence-electron chi connectivity index (χ0n) is 37.8. The number of carbonyl (C=O) groups excluding carboxylic acids is 2. The van der Waals surface area contributed by atoms with E-state index in [-0.39, 0.29) is 19.4 Å². The molecule has 7 N–H and O–H groups in total. The number of carbonyl (C=O) groups is 2. The maximum absolute atomic E-state index is 12.9. The summed E-state index contributed by atoms with van der Waals surface area (Å²) >= 11 is 0. The number of esters is 2. The van der Waals surface area contributed by atoms with Crippen LogP contribution in [0.25, 0.3) is 0 Å². The lowest BCUT2D eigenvalue weighted by Crippen LogP contribution is -2.61. The van der Waals surface area contributed by atoms with Gasteiger partial charge in [-0.05, 0) is 77.0 Å². The Bertz CT molecular complexity index is 1330. The highest BCUT2D eigenvalue weighted by molar-refractivity contribution is 5.70. The lowest BCUT2D eigenvalue weighted by molar-refractivity contribution is -0.332. The van der Waals surface area contributed by atoms with Crippen LogP contribution in [0, 0.1) is 0 Å². The molecule has 0 amide bonds. The van der Waals surface area contributed by atoms with Crippen molar-refractivity contribution in [2.45, 2.75) is 203 Å². The molecule has 0 aromatic heterocycles. The molecule has 2 rings (SSSR count). The standard InChI is InChI=1S/C48H80O15/c1-3-5-7-9-11-13-15-17-18-19-21-22-24-26-28-30-39(50)58-33-36(61-40(51)31-29-27-25-23-20-16-14-12-10-8-6-4-2)34-59-47-46(57)44(55)42(53)38(63-47)35-60-48-45(56)43(54)41(52)37(32-49)62-48/h5,7,11-14,17-18,21-22,36-38,41-49,52-57H,3-4,6,8-10,15-16,19-20,23-35H2,1-2H3/b7-5+,13-11+,14-12+,18-17+,22-21+/t36-,37-,38-,41+,42+,43?,44?,45?,46?,47-,48-/m1/s1. The fraction of sp³-hybridized carbons (Fsp3) is 0.750. The summed E-state index contributed by atoms with van der Waals surface area (Å²) in [5.74, 6) is -0.992. The zero-order chi connectivity index (χ0) is 46.1. The van der Waals surface area contributed by atoms with Gasteiger partial charge in [0.25, 0.3) is 0 Å². The molecule has 2 heterocycles. The van der Waals surface area contributed by atoms with Gasteiger partial charge in [-0.1, -0.05) is 107 Å². The molecule has 0 aromatic rings. The predicted molar refractivity (Wildman–Crippen MR) is 238 cm³/mol. The number of rotatable bonds is 34. The highest BCUT2D eigenvalue weighted by atomic mass is 16.7. The third-order valence-corrected chi connectivity index (χ3v) is 10.7. The molecular weight excluding hydrogens is 817 g/mol. The van der Waals surface area contributed by atoms with Crippen LogP contribution in [0.4, 0.5) is 0 Å². The van der Waals surface area contributed by atoms with Crippen molar-refractivity contribution >= 4 is 11.9 Å². The molecule has 2 saturated heterocycles. The van der Waals surface area contributed by atoms with Gasteiger partial charge in [0.1, 0.15) is 55.4 Å². The molecule has 15 heteroatoms. The first-order valence-corrected chi connectivity index (χ1v) is 23.4. The molecule has 0 bridgehead atoms. The van der Waals surface area contributed by atoms with Gasteiger partial charge in [-0.25, -0.2) is 0 Å². The Balaban J connectivity index is 1.87. The summed E-state index contributed by atoms with van der Waals surface area (Å²) in [7, 11) is 0. The van der Waals surface area contributed by atoms with E-state index in [2.05, 4.69) is 74.6 Å². The Morgan fingerprint density at radius 1 is 0.524 bits per heavy atom. The SMILES string of the molecule is CC/C=C/C/C=C/C/C=C/C/C=C/CCCCC(=O)OC[C@H](CO[C@@H]1O[C@H](CO[C@@H]2O[C@H](CO)[C@H](O)C(O)C2O)[C@H](O)C(O)C1O)OC(=O)CCCCCCC/C=C/CCCCC. The van der Waals surface area contributed by atoms with Crippen molar-refractivity contribution in [1.29, 1.82) is 0 Å². The Kier molecular flexibility index (Phi) is 31.7. The molecule has 63 heavy (non-hydrogen) atoms. The van der Waals surface area contributed by atoms with Gasteiger partial charge in [-0.3, -0.25) is 9.59 Å². The lowest BCUT2D eigenvalue weighted by Gasteiger charge is -2.42. The Labute approximate surface area is 375 Å². The van der Waals surface area contributed by atoms with E-state index in [1.54, 1.807) is 0 Å². The second-order valence-corrected chi connectivity index (χ2v) is 16.2. The quantitative estimate of drug-likeness (QED) is 0.0246. The van der Waals surface area contributed by atoms with Gasteiger partial charge in [0.2, 0.25) is 0 Å². The van der Waals surface area contributed by atoms with Gasteiger partial charge in [0.05, 0.1) is 19.8 Å². The molecule has 11 atom stereocenters. The molecule has 0 aromatic carbocycles. The van der Waals surface area contributed by atoms with Crippen molar-refractivity contribution in [1.82, 2.24) is 0 Å². The van der Waals surface area contributed by atoms with Crippen LogP contribution in [0.5, 0.6) is 0 Å². The maximum atomic E-state index is 12.9. The van der Waals surface area contributed by atoms with E-state index in [1.165, 1.54) is 19.3 Å². The lowest BCUT2D eigenvalue weighted by atomic mass is 9.98. The fourth-order valence-corrected chi connectivity index (χ4v) is 6.85.